The smallest absolute Gasteiger partial charge is 0.234 e. The standard InChI is InChI=1S/C13H13NO3S/c15-18(16,14-11-13-7-4-9-17-13)10-8-12-5-2-1-3-6-12/h1-10,14H,11H2. The lowest BCUT2D eigenvalue weighted by Gasteiger charge is -1.99. The van der Waals surface area contributed by atoms with Gasteiger partial charge in [0.2, 0.25) is 10.0 Å². The third-order valence-corrected chi connectivity index (χ3v) is 3.31. The maximum Gasteiger partial charge on any atom is 0.234 e. The summed E-state index contributed by atoms with van der Waals surface area (Å²) < 4.78 is 30.8. The highest BCUT2D eigenvalue weighted by atomic mass is 32.2. The van der Waals surface area contributed by atoms with Crippen molar-refractivity contribution >= 4 is 16.1 Å². The van der Waals surface area contributed by atoms with Crippen LogP contribution in [0.2, 0.25) is 0 Å². The second-order valence-electron chi connectivity index (χ2n) is 3.66. The predicted molar refractivity (Wildman–Crippen MR) is 69.9 cm³/mol. The maximum absolute atomic E-state index is 11.7. The molecule has 0 atom stereocenters. The molecule has 1 N–H and O–H groups in total. The molecule has 0 unspecified atom stereocenters. The summed E-state index contributed by atoms with van der Waals surface area (Å²) in [5.74, 6) is 0.576. The third kappa shape index (κ3) is 3.87. The monoisotopic (exact) mass is 263 g/mol. The first-order chi connectivity index (χ1) is 8.66. The Morgan fingerprint density at radius 3 is 2.56 bits per heavy atom. The quantitative estimate of drug-likeness (QED) is 0.901. The Morgan fingerprint density at radius 1 is 1.11 bits per heavy atom. The van der Waals surface area contributed by atoms with Crippen molar-refractivity contribution < 1.29 is 12.8 Å². The molecule has 2 rings (SSSR count). The van der Waals surface area contributed by atoms with Gasteiger partial charge in [-0.2, -0.15) is 0 Å². The molecule has 0 amide bonds. The number of sulfonamides is 1. The van der Waals surface area contributed by atoms with Crippen LogP contribution in [0, 0.1) is 0 Å². The first-order valence-electron chi connectivity index (χ1n) is 5.41. The van der Waals surface area contributed by atoms with Gasteiger partial charge in [0.25, 0.3) is 0 Å². The van der Waals surface area contributed by atoms with E-state index >= 15 is 0 Å². The zero-order valence-corrected chi connectivity index (χ0v) is 10.4. The zero-order chi connectivity index (χ0) is 12.8. The molecule has 0 aliphatic heterocycles. The highest BCUT2D eigenvalue weighted by Crippen LogP contribution is 2.04. The van der Waals surface area contributed by atoms with E-state index in [-0.39, 0.29) is 6.54 Å². The molecule has 0 spiro atoms. The van der Waals surface area contributed by atoms with E-state index < -0.39 is 10.0 Å². The number of rotatable bonds is 5. The molecule has 4 nitrogen and oxygen atoms in total. The molecule has 2 aromatic rings. The lowest BCUT2D eigenvalue weighted by atomic mass is 10.2. The van der Waals surface area contributed by atoms with Gasteiger partial charge in [0.15, 0.2) is 0 Å². The van der Waals surface area contributed by atoms with Crippen molar-refractivity contribution in [1.82, 2.24) is 4.72 Å². The highest BCUT2D eigenvalue weighted by molar-refractivity contribution is 7.92. The summed E-state index contributed by atoms with van der Waals surface area (Å²) in [6, 6.07) is 12.7. The Hall–Kier alpha value is -1.85. The van der Waals surface area contributed by atoms with Gasteiger partial charge in [-0.3, -0.25) is 0 Å². The minimum Gasteiger partial charge on any atom is -0.468 e. The average molecular weight is 263 g/mol. The van der Waals surface area contributed by atoms with Crippen LogP contribution in [0.15, 0.2) is 58.6 Å². The van der Waals surface area contributed by atoms with Crippen molar-refractivity contribution in [2.45, 2.75) is 6.54 Å². The molecule has 0 aliphatic rings. The van der Waals surface area contributed by atoms with Gasteiger partial charge in [0, 0.05) is 5.41 Å². The van der Waals surface area contributed by atoms with Crippen LogP contribution >= 0.6 is 0 Å². The Morgan fingerprint density at radius 2 is 1.89 bits per heavy atom. The SMILES string of the molecule is O=S(=O)(C=Cc1ccccc1)NCc1ccco1. The lowest BCUT2D eigenvalue weighted by Crippen LogP contribution is -2.20. The molecule has 1 heterocycles. The van der Waals surface area contributed by atoms with Crippen LogP contribution in [0.1, 0.15) is 11.3 Å². The highest BCUT2D eigenvalue weighted by Gasteiger charge is 2.05. The van der Waals surface area contributed by atoms with Crippen LogP contribution in [0.5, 0.6) is 0 Å². The van der Waals surface area contributed by atoms with Crippen LogP contribution in [0.25, 0.3) is 6.08 Å². The summed E-state index contributed by atoms with van der Waals surface area (Å²) in [6.45, 7) is 0.147. The van der Waals surface area contributed by atoms with Gasteiger partial charge >= 0.3 is 0 Å². The normalized spacial score (nSPS) is 12.0. The van der Waals surface area contributed by atoms with Crippen LogP contribution in [-0.2, 0) is 16.6 Å². The van der Waals surface area contributed by atoms with E-state index in [0.29, 0.717) is 5.76 Å². The largest absolute Gasteiger partial charge is 0.468 e. The molecule has 0 aliphatic carbocycles. The van der Waals surface area contributed by atoms with Crippen molar-refractivity contribution in [3.8, 4) is 0 Å². The van der Waals surface area contributed by atoms with Crippen molar-refractivity contribution in [2.75, 3.05) is 0 Å². The summed E-state index contributed by atoms with van der Waals surface area (Å²) in [5, 5.41) is 1.14. The molecule has 1 aromatic heterocycles. The lowest BCUT2D eigenvalue weighted by molar-refractivity contribution is 0.500. The summed E-state index contributed by atoms with van der Waals surface area (Å²) in [7, 11) is -3.45. The summed E-state index contributed by atoms with van der Waals surface area (Å²) in [4.78, 5) is 0. The van der Waals surface area contributed by atoms with Crippen LogP contribution in [0.3, 0.4) is 0 Å². The van der Waals surface area contributed by atoms with E-state index in [1.807, 2.05) is 30.3 Å². The Bertz CT molecular complexity index is 601. The van der Waals surface area contributed by atoms with Crippen molar-refractivity contribution in [3.63, 3.8) is 0 Å². The van der Waals surface area contributed by atoms with Gasteiger partial charge in [-0.15, -0.1) is 0 Å². The van der Waals surface area contributed by atoms with Gasteiger partial charge in [-0.25, -0.2) is 13.1 Å². The third-order valence-electron chi connectivity index (χ3n) is 2.27. The molecule has 5 heteroatoms. The number of furan rings is 1. The van der Waals surface area contributed by atoms with Crippen LogP contribution < -0.4 is 4.72 Å². The number of benzene rings is 1. The molecule has 0 fully saturated rings. The Kier molecular flexibility index (Phi) is 3.96. The maximum atomic E-state index is 11.7. The fourth-order valence-electron chi connectivity index (χ4n) is 1.37. The van der Waals surface area contributed by atoms with E-state index in [9.17, 15) is 8.42 Å². The predicted octanol–water partition coefficient (Wildman–Crippen LogP) is 2.37. The molecule has 0 saturated heterocycles. The van der Waals surface area contributed by atoms with Gasteiger partial charge in [-0.1, -0.05) is 30.3 Å². The first-order valence-corrected chi connectivity index (χ1v) is 6.95. The topological polar surface area (TPSA) is 59.3 Å². The van der Waals surface area contributed by atoms with Crippen molar-refractivity contribution in [3.05, 3.63) is 65.5 Å². The molecule has 0 saturated carbocycles. The molecule has 94 valence electrons. The van der Waals surface area contributed by atoms with E-state index in [1.165, 1.54) is 6.26 Å². The number of hydrogen-bond acceptors (Lipinski definition) is 3. The fraction of sp³-hybridized carbons (Fsp3) is 0.0769. The molecular weight excluding hydrogens is 250 g/mol. The minimum atomic E-state index is -3.45. The van der Waals surface area contributed by atoms with Gasteiger partial charge in [0.05, 0.1) is 12.8 Å². The molecule has 0 bridgehead atoms. The Balaban J connectivity index is 1.97. The van der Waals surface area contributed by atoms with Gasteiger partial charge < -0.3 is 4.42 Å². The van der Waals surface area contributed by atoms with E-state index in [2.05, 4.69) is 4.72 Å². The van der Waals surface area contributed by atoms with Crippen molar-refractivity contribution in [1.29, 1.82) is 0 Å². The van der Waals surface area contributed by atoms with Crippen molar-refractivity contribution in [2.24, 2.45) is 0 Å². The zero-order valence-electron chi connectivity index (χ0n) is 9.61. The summed E-state index contributed by atoms with van der Waals surface area (Å²) >= 11 is 0. The van der Waals surface area contributed by atoms with E-state index in [0.717, 1.165) is 11.0 Å². The second-order valence-corrected chi connectivity index (χ2v) is 5.31. The number of nitrogens with one attached hydrogen (secondary N) is 1. The first kappa shape index (κ1) is 12.6. The molecular formula is C13H13NO3S. The molecule has 0 radical (unpaired) electrons. The van der Waals surface area contributed by atoms with Crippen LogP contribution in [-0.4, -0.2) is 8.42 Å². The molecule has 1 aromatic carbocycles. The number of hydrogen-bond donors (Lipinski definition) is 1. The summed E-state index contributed by atoms with van der Waals surface area (Å²) in [5.41, 5.74) is 0.834. The average Bonchev–Trinajstić information content (AvgIpc) is 2.89. The van der Waals surface area contributed by atoms with Gasteiger partial charge in [0.1, 0.15) is 5.76 Å². The van der Waals surface area contributed by atoms with Crippen LogP contribution in [0.4, 0.5) is 0 Å². The second kappa shape index (κ2) is 5.66. The van der Waals surface area contributed by atoms with Gasteiger partial charge in [-0.05, 0) is 23.8 Å². The fourth-order valence-corrected chi connectivity index (χ4v) is 2.14. The minimum absolute atomic E-state index is 0.147. The van der Waals surface area contributed by atoms with E-state index in [1.54, 1.807) is 18.2 Å². The summed E-state index contributed by atoms with van der Waals surface area (Å²) in [6.07, 6.45) is 3.05. The molecule has 18 heavy (non-hydrogen) atoms. The van der Waals surface area contributed by atoms with E-state index in [4.69, 9.17) is 4.42 Å². The Labute approximate surface area is 106 Å².